The summed E-state index contributed by atoms with van der Waals surface area (Å²) in [5.41, 5.74) is 14.6. The van der Waals surface area contributed by atoms with E-state index in [-0.39, 0.29) is 0 Å². The third-order valence-corrected chi connectivity index (χ3v) is 10.8. The summed E-state index contributed by atoms with van der Waals surface area (Å²) >= 11 is 0. The maximum atomic E-state index is 2.41. The van der Waals surface area contributed by atoms with Crippen LogP contribution >= 0.6 is 0 Å². The zero-order chi connectivity index (χ0) is 35.8. The van der Waals surface area contributed by atoms with Crippen LogP contribution < -0.4 is 0 Å². The van der Waals surface area contributed by atoms with Crippen LogP contribution in [0.4, 0.5) is 0 Å². The topological polar surface area (TPSA) is 0 Å². The predicted octanol–water partition coefficient (Wildman–Crippen LogP) is 15.1. The Bertz CT molecular complexity index is 2740. The predicted molar refractivity (Wildman–Crippen MR) is 232 cm³/mol. The van der Waals surface area contributed by atoms with E-state index in [2.05, 4.69) is 218 Å². The minimum Gasteiger partial charge on any atom is -0.0622 e. The molecule has 0 spiro atoms. The molecule has 0 atom stereocenters. The molecule has 10 rings (SSSR count). The van der Waals surface area contributed by atoms with Gasteiger partial charge in [-0.3, -0.25) is 0 Å². The highest BCUT2D eigenvalue weighted by Gasteiger charge is 2.16. The average molecular weight is 685 g/mol. The summed E-state index contributed by atoms with van der Waals surface area (Å²) in [7, 11) is 0. The Morgan fingerprint density at radius 2 is 0.463 bits per heavy atom. The third-order valence-electron chi connectivity index (χ3n) is 10.8. The first-order valence-corrected chi connectivity index (χ1v) is 18.7. The van der Waals surface area contributed by atoms with E-state index in [1.54, 1.807) is 0 Å². The summed E-state index contributed by atoms with van der Waals surface area (Å²) < 4.78 is 0. The molecule has 0 heteroatoms. The molecule has 252 valence electrons. The van der Waals surface area contributed by atoms with Crippen molar-refractivity contribution in [1.29, 1.82) is 0 Å². The zero-order valence-electron chi connectivity index (χ0n) is 29.8. The molecule has 0 amide bonds. The second kappa shape index (κ2) is 13.5. The normalized spacial score (nSPS) is 11.3. The van der Waals surface area contributed by atoms with E-state index in [0.717, 1.165) is 0 Å². The summed E-state index contributed by atoms with van der Waals surface area (Å²) in [6, 6.07) is 79.9. The summed E-state index contributed by atoms with van der Waals surface area (Å²) in [6.45, 7) is 0. The van der Waals surface area contributed by atoms with Crippen molar-refractivity contribution in [3.63, 3.8) is 0 Å². The Balaban J connectivity index is 1.19. The van der Waals surface area contributed by atoms with Crippen molar-refractivity contribution in [2.24, 2.45) is 0 Å². The molecule has 10 aromatic rings. The SMILES string of the molecule is c1ccc(-c2ccc3ccc(-c4cc(-c5ccccc5)c5cc(-c6ccc7ccc(-c8ccccc8)cc7c6)cc(-c6ccccc6)c5c4)cc3c2)cc1. The van der Waals surface area contributed by atoms with Gasteiger partial charge >= 0.3 is 0 Å². The molecule has 0 aliphatic heterocycles. The van der Waals surface area contributed by atoms with Crippen molar-refractivity contribution < 1.29 is 0 Å². The Labute approximate surface area is 316 Å². The van der Waals surface area contributed by atoms with Crippen molar-refractivity contribution in [3.05, 3.63) is 218 Å². The number of fused-ring (bicyclic) bond motifs is 3. The molecule has 0 unspecified atom stereocenters. The largest absolute Gasteiger partial charge is 0.0622 e. The molecule has 0 aliphatic carbocycles. The van der Waals surface area contributed by atoms with Crippen LogP contribution in [0.5, 0.6) is 0 Å². The molecule has 0 heterocycles. The van der Waals surface area contributed by atoms with E-state index in [1.165, 1.54) is 99.1 Å². The lowest BCUT2D eigenvalue weighted by Crippen LogP contribution is -1.91. The summed E-state index contributed by atoms with van der Waals surface area (Å²) in [6.07, 6.45) is 0. The van der Waals surface area contributed by atoms with Crippen molar-refractivity contribution in [1.82, 2.24) is 0 Å². The van der Waals surface area contributed by atoms with E-state index in [9.17, 15) is 0 Å². The molecule has 0 aromatic heterocycles. The Hall–Kier alpha value is -7.02. The van der Waals surface area contributed by atoms with Crippen LogP contribution in [-0.2, 0) is 0 Å². The lowest BCUT2D eigenvalue weighted by atomic mass is 9.86. The molecule has 10 aromatic carbocycles. The standard InChI is InChI=1S/C54H36/c1-5-13-37(14-6-1)43-25-21-39-23-27-45(31-47(39)29-43)49-33-51(41-17-9-3-10-18-41)54-36-50(34-52(53(54)35-49)42-19-11-4-12-20-42)46-28-24-40-22-26-44(30-48(40)32-46)38-15-7-2-8-16-38/h1-36H. The van der Waals surface area contributed by atoms with Gasteiger partial charge < -0.3 is 0 Å². The summed E-state index contributed by atoms with van der Waals surface area (Å²) in [5.74, 6) is 0. The molecule has 0 aliphatic rings. The molecule has 0 saturated carbocycles. The van der Waals surface area contributed by atoms with Gasteiger partial charge in [0.25, 0.3) is 0 Å². The van der Waals surface area contributed by atoms with Crippen molar-refractivity contribution >= 4 is 32.3 Å². The Kier molecular flexibility index (Phi) is 7.93. The molecule has 0 N–H and O–H groups in total. The molecule has 0 radical (unpaired) electrons. The van der Waals surface area contributed by atoms with E-state index in [4.69, 9.17) is 0 Å². The van der Waals surface area contributed by atoms with Crippen molar-refractivity contribution in [2.45, 2.75) is 0 Å². The van der Waals surface area contributed by atoms with E-state index >= 15 is 0 Å². The van der Waals surface area contributed by atoms with Gasteiger partial charge in [0.15, 0.2) is 0 Å². The van der Waals surface area contributed by atoms with Crippen LogP contribution in [-0.4, -0.2) is 0 Å². The number of benzene rings is 10. The first-order chi connectivity index (χ1) is 26.7. The van der Waals surface area contributed by atoms with Gasteiger partial charge in [-0.1, -0.05) is 170 Å². The van der Waals surface area contributed by atoms with Gasteiger partial charge in [0.2, 0.25) is 0 Å². The second-order valence-corrected chi connectivity index (χ2v) is 14.2. The van der Waals surface area contributed by atoms with Crippen LogP contribution in [0.25, 0.3) is 99.1 Å². The number of rotatable bonds is 6. The van der Waals surface area contributed by atoms with Gasteiger partial charge in [0.05, 0.1) is 0 Å². The minimum absolute atomic E-state index is 1.21. The third kappa shape index (κ3) is 5.94. The van der Waals surface area contributed by atoms with Gasteiger partial charge in [0.1, 0.15) is 0 Å². The smallest absolute Gasteiger partial charge is 0.00926 e. The van der Waals surface area contributed by atoms with Gasteiger partial charge in [0, 0.05) is 0 Å². The average Bonchev–Trinajstić information content (AvgIpc) is 3.26. The zero-order valence-corrected chi connectivity index (χ0v) is 29.8. The highest BCUT2D eigenvalue weighted by Crippen LogP contribution is 2.42. The summed E-state index contributed by atoms with van der Waals surface area (Å²) in [5, 5.41) is 7.44. The molecule has 0 saturated heterocycles. The first kappa shape index (κ1) is 31.7. The Morgan fingerprint density at radius 3 is 0.796 bits per heavy atom. The molecule has 0 fully saturated rings. The first-order valence-electron chi connectivity index (χ1n) is 18.7. The van der Waals surface area contributed by atoms with Crippen molar-refractivity contribution in [2.75, 3.05) is 0 Å². The van der Waals surface area contributed by atoms with Crippen LogP contribution in [0, 0.1) is 0 Å². The van der Waals surface area contributed by atoms with Crippen molar-refractivity contribution in [3.8, 4) is 66.8 Å². The van der Waals surface area contributed by atoms with E-state index in [1.807, 2.05) is 0 Å². The van der Waals surface area contributed by atoms with E-state index < -0.39 is 0 Å². The lowest BCUT2D eigenvalue weighted by Gasteiger charge is -2.18. The monoisotopic (exact) mass is 684 g/mol. The van der Waals surface area contributed by atoms with Crippen LogP contribution in [0.15, 0.2) is 218 Å². The fraction of sp³-hybridized carbons (Fsp3) is 0. The van der Waals surface area contributed by atoms with Gasteiger partial charge in [-0.15, -0.1) is 0 Å². The van der Waals surface area contributed by atoms with Gasteiger partial charge in [-0.05, 0) is 148 Å². The number of hydrogen-bond acceptors (Lipinski definition) is 0. The second-order valence-electron chi connectivity index (χ2n) is 14.2. The van der Waals surface area contributed by atoms with Crippen LogP contribution in [0.3, 0.4) is 0 Å². The fourth-order valence-electron chi connectivity index (χ4n) is 7.98. The highest BCUT2D eigenvalue weighted by molar-refractivity contribution is 6.09. The molecule has 0 bridgehead atoms. The van der Waals surface area contributed by atoms with Gasteiger partial charge in [-0.25, -0.2) is 0 Å². The quantitative estimate of drug-likeness (QED) is 0.164. The van der Waals surface area contributed by atoms with Gasteiger partial charge in [-0.2, -0.15) is 0 Å². The molecular formula is C54H36. The minimum atomic E-state index is 1.21. The molecular weight excluding hydrogens is 649 g/mol. The van der Waals surface area contributed by atoms with E-state index in [0.29, 0.717) is 0 Å². The highest BCUT2D eigenvalue weighted by atomic mass is 14.2. The maximum Gasteiger partial charge on any atom is -0.00926 e. The molecule has 0 nitrogen and oxygen atoms in total. The van der Waals surface area contributed by atoms with Crippen LogP contribution in [0.2, 0.25) is 0 Å². The molecule has 54 heavy (non-hydrogen) atoms. The number of hydrogen-bond donors (Lipinski definition) is 0. The maximum absolute atomic E-state index is 2.41. The fourth-order valence-corrected chi connectivity index (χ4v) is 7.98. The lowest BCUT2D eigenvalue weighted by molar-refractivity contribution is 1.60. The summed E-state index contributed by atoms with van der Waals surface area (Å²) in [4.78, 5) is 0. The Morgan fingerprint density at radius 1 is 0.167 bits per heavy atom. The van der Waals surface area contributed by atoms with Crippen LogP contribution in [0.1, 0.15) is 0 Å².